The average molecular weight is 275 g/mol. The van der Waals surface area contributed by atoms with Crippen molar-refractivity contribution in [3.8, 4) is 0 Å². The summed E-state index contributed by atoms with van der Waals surface area (Å²) < 4.78 is 5.25. The van der Waals surface area contributed by atoms with Crippen LogP contribution < -0.4 is 5.32 Å². The summed E-state index contributed by atoms with van der Waals surface area (Å²) in [5, 5.41) is 5.07. The van der Waals surface area contributed by atoms with Crippen LogP contribution in [0.4, 0.5) is 0 Å². The third-order valence-corrected chi connectivity index (χ3v) is 3.24. The van der Waals surface area contributed by atoms with Crippen molar-refractivity contribution >= 4 is 23.4 Å². The average Bonchev–Trinajstić information content (AvgIpc) is 2.35. The van der Waals surface area contributed by atoms with Crippen molar-refractivity contribution < 1.29 is 4.74 Å². The second-order valence-electron chi connectivity index (χ2n) is 3.46. The molecule has 3 nitrogen and oxygen atoms in total. The van der Waals surface area contributed by atoms with Crippen LogP contribution >= 0.6 is 23.4 Å². The van der Waals surface area contributed by atoms with Gasteiger partial charge in [-0.15, -0.1) is 11.8 Å². The summed E-state index contributed by atoms with van der Waals surface area (Å²) in [7, 11) is 0. The Morgan fingerprint density at radius 3 is 3.00 bits per heavy atom. The number of thioether (sulfide) groups is 1. The lowest BCUT2D eigenvalue weighted by Gasteiger charge is -2.04. The number of halogens is 1. The standard InChI is InChI=1S/C12H19ClN2OS/c1-2-16-8-3-6-14-7-9-17-12-5-4-11(13)10-15-12/h4-5,10,14H,2-3,6-9H2,1H3. The van der Waals surface area contributed by atoms with Crippen LogP contribution in [0.15, 0.2) is 23.4 Å². The molecular formula is C12H19ClN2OS. The van der Waals surface area contributed by atoms with Crippen molar-refractivity contribution in [3.05, 3.63) is 23.4 Å². The molecule has 0 spiro atoms. The molecule has 0 aliphatic carbocycles. The van der Waals surface area contributed by atoms with E-state index in [0.717, 1.165) is 43.5 Å². The topological polar surface area (TPSA) is 34.1 Å². The van der Waals surface area contributed by atoms with Crippen molar-refractivity contribution in [1.82, 2.24) is 10.3 Å². The molecule has 0 saturated heterocycles. The molecule has 1 N–H and O–H groups in total. The summed E-state index contributed by atoms with van der Waals surface area (Å²) in [5.74, 6) is 1.02. The fourth-order valence-electron chi connectivity index (χ4n) is 1.24. The molecule has 0 atom stereocenters. The predicted molar refractivity (Wildman–Crippen MR) is 74.0 cm³/mol. The molecule has 0 unspecified atom stereocenters. The Balaban J connectivity index is 1.95. The molecule has 1 rings (SSSR count). The smallest absolute Gasteiger partial charge is 0.0961 e. The van der Waals surface area contributed by atoms with Crippen LogP contribution in [0.3, 0.4) is 0 Å². The third kappa shape index (κ3) is 7.60. The largest absolute Gasteiger partial charge is 0.382 e. The molecule has 0 radical (unpaired) electrons. The molecule has 0 aromatic carbocycles. The maximum Gasteiger partial charge on any atom is 0.0961 e. The molecule has 17 heavy (non-hydrogen) atoms. The molecule has 0 fully saturated rings. The molecule has 0 amide bonds. The summed E-state index contributed by atoms with van der Waals surface area (Å²) in [6, 6.07) is 3.81. The summed E-state index contributed by atoms with van der Waals surface area (Å²) in [6.07, 6.45) is 2.75. The van der Waals surface area contributed by atoms with Crippen molar-refractivity contribution in [2.24, 2.45) is 0 Å². The summed E-state index contributed by atoms with van der Waals surface area (Å²) in [5.41, 5.74) is 0. The first kappa shape index (κ1) is 14.8. The van der Waals surface area contributed by atoms with Crippen LogP contribution in [0.5, 0.6) is 0 Å². The van der Waals surface area contributed by atoms with Gasteiger partial charge in [-0.3, -0.25) is 0 Å². The fraction of sp³-hybridized carbons (Fsp3) is 0.583. The van der Waals surface area contributed by atoms with E-state index in [1.807, 2.05) is 19.1 Å². The van der Waals surface area contributed by atoms with Crippen molar-refractivity contribution in [2.75, 3.05) is 32.1 Å². The van der Waals surface area contributed by atoms with Gasteiger partial charge in [-0.2, -0.15) is 0 Å². The Morgan fingerprint density at radius 1 is 1.41 bits per heavy atom. The molecular weight excluding hydrogens is 256 g/mol. The minimum Gasteiger partial charge on any atom is -0.382 e. The van der Waals surface area contributed by atoms with E-state index in [-0.39, 0.29) is 0 Å². The second kappa shape index (κ2) is 9.71. The lowest BCUT2D eigenvalue weighted by molar-refractivity contribution is 0.145. The van der Waals surface area contributed by atoms with Gasteiger partial charge in [0.2, 0.25) is 0 Å². The normalized spacial score (nSPS) is 10.7. The zero-order chi connectivity index (χ0) is 12.3. The predicted octanol–water partition coefficient (Wildman–Crippen LogP) is 2.84. The van der Waals surface area contributed by atoms with E-state index in [9.17, 15) is 0 Å². The van der Waals surface area contributed by atoms with Crippen molar-refractivity contribution in [2.45, 2.75) is 18.4 Å². The van der Waals surface area contributed by atoms with Gasteiger partial charge in [0.05, 0.1) is 10.0 Å². The van der Waals surface area contributed by atoms with Gasteiger partial charge in [0.15, 0.2) is 0 Å². The van der Waals surface area contributed by atoms with Gasteiger partial charge >= 0.3 is 0 Å². The molecule has 1 heterocycles. The Morgan fingerprint density at radius 2 is 2.29 bits per heavy atom. The zero-order valence-electron chi connectivity index (χ0n) is 10.1. The number of aromatic nitrogens is 1. The highest BCUT2D eigenvalue weighted by atomic mass is 35.5. The molecule has 0 aliphatic heterocycles. The van der Waals surface area contributed by atoms with Gasteiger partial charge in [0.25, 0.3) is 0 Å². The Labute approximate surface area is 112 Å². The highest BCUT2D eigenvalue weighted by molar-refractivity contribution is 7.99. The fourth-order valence-corrected chi connectivity index (χ4v) is 2.10. The van der Waals surface area contributed by atoms with Gasteiger partial charge < -0.3 is 10.1 Å². The molecule has 0 bridgehead atoms. The first-order valence-electron chi connectivity index (χ1n) is 5.85. The van der Waals surface area contributed by atoms with Gasteiger partial charge in [-0.05, 0) is 32.0 Å². The van der Waals surface area contributed by atoms with E-state index in [1.54, 1.807) is 18.0 Å². The van der Waals surface area contributed by atoms with E-state index >= 15 is 0 Å². The monoisotopic (exact) mass is 274 g/mol. The van der Waals surface area contributed by atoms with E-state index < -0.39 is 0 Å². The molecule has 1 aromatic rings. The minimum absolute atomic E-state index is 0.684. The van der Waals surface area contributed by atoms with Crippen LogP contribution in [0, 0.1) is 0 Å². The van der Waals surface area contributed by atoms with Crippen LogP contribution in [-0.4, -0.2) is 37.0 Å². The number of hydrogen-bond donors (Lipinski definition) is 1. The highest BCUT2D eigenvalue weighted by Gasteiger charge is 1.95. The molecule has 1 aromatic heterocycles. The van der Waals surface area contributed by atoms with E-state index in [1.165, 1.54) is 0 Å². The SMILES string of the molecule is CCOCCCNCCSc1ccc(Cl)cn1. The number of ether oxygens (including phenoxy) is 1. The van der Waals surface area contributed by atoms with Crippen molar-refractivity contribution in [3.63, 3.8) is 0 Å². The van der Waals surface area contributed by atoms with Crippen LogP contribution in [0.25, 0.3) is 0 Å². The maximum absolute atomic E-state index is 5.76. The van der Waals surface area contributed by atoms with Gasteiger partial charge in [-0.25, -0.2) is 4.98 Å². The Bertz CT molecular complexity index is 295. The number of nitrogens with one attached hydrogen (secondary N) is 1. The van der Waals surface area contributed by atoms with Crippen LogP contribution in [-0.2, 0) is 4.74 Å². The Kier molecular flexibility index (Phi) is 8.44. The first-order chi connectivity index (χ1) is 8.33. The lowest BCUT2D eigenvalue weighted by atomic mass is 10.4. The zero-order valence-corrected chi connectivity index (χ0v) is 11.7. The highest BCUT2D eigenvalue weighted by Crippen LogP contribution is 2.16. The van der Waals surface area contributed by atoms with Crippen LogP contribution in [0.2, 0.25) is 5.02 Å². The first-order valence-corrected chi connectivity index (χ1v) is 7.22. The summed E-state index contributed by atoms with van der Waals surface area (Å²) in [6.45, 7) is 5.66. The number of pyridine rings is 1. The number of hydrogen-bond acceptors (Lipinski definition) is 4. The second-order valence-corrected chi connectivity index (χ2v) is 5.02. The lowest BCUT2D eigenvalue weighted by Crippen LogP contribution is -2.19. The third-order valence-electron chi connectivity index (χ3n) is 2.08. The number of rotatable bonds is 9. The van der Waals surface area contributed by atoms with E-state index in [2.05, 4.69) is 10.3 Å². The van der Waals surface area contributed by atoms with Gasteiger partial charge in [0.1, 0.15) is 0 Å². The van der Waals surface area contributed by atoms with E-state index in [4.69, 9.17) is 16.3 Å². The quantitative estimate of drug-likeness (QED) is 0.555. The van der Waals surface area contributed by atoms with Crippen molar-refractivity contribution in [1.29, 1.82) is 0 Å². The molecule has 0 aliphatic rings. The summed E-state index contributed by atoms with van der Waals surface area (Å²) in [4.78, 5) is 4.22. The Hall–Kier alpha value is -0.290. The molecule has 5 heteroatoms. The minimum atomic E-state index is 0.684. The van der Waals surface area contributed by atoms with E-state index in [0.29, 0.717) is 5.02 Å². The van der Waals surface area contributed by atoms with Gasteiger partial charge in [-0.1, -0.05) is 11.6 Å². The van der Waals surface area contributed by atoms with Gasteiger partial charge in [0, 0.05) is 31.7 Å². The maximum atomic E-state index is 5.76. The number of nitrogens with zero attached hydrogens (tertiary/aromatic N) is 1. The van der Waals surface area contributed by atoms with Crippen LogP contribution in [0.1, 0.15) is 13.3 Å². The summed E-state index contributed by atoms with van der Waals surface area (Å²) >= 11 is 7.49. The molecule has 0 saturated carbocycles. The molecule has 96 valence electrons.